The minimum Gasteiger partial charge on any atom is -0.480 e. The maximum atomic E-state index is 12.3. The van der Waals surface area contributed by atoms with Gasteiger partial charge in [0.05, 0.1) is 32.7 Å². The quantitative estimate of drug-likeness (QED) is 0.0466. The van der Waals surface area contributed by atoms with E-state index in [1.54, 1.807) is 7.05 Å². The molecule has 0 aliphatic heterocycles. The standard InChI is InChI=1S/C24H39N5O11/c1-26(20(32)6-5-13-30)8-4-2-3-7-25-19(31)14-28(16-22(35)36)11-9-27(15-21(33)34)10-12-29(17-23(37)38)18-24(39)40/h5-6,13H,2-4,7-12,14-18H2,1H3,(H,25,31)(H,33,34)(H,35,36)(H,37,38)(H,39,40)/b6-5-. The van der Waals surface area contributed by atoms with Gasteiger partial charge in [-0.15, -0.1) is 0 Å². The van der Waals surface area contributed by atoms with Crippen molar-refractivity contribution < 1.29 is 54.0 Å². The molecule has 0 unspecified atom stereocenters. The van der Waals surface area contributed by atoms with Gasteiger partial charge in [-0.25, -0.2) is 0 Å². The van der Waals surface area contributed by atoms with Crippen LogP contribution in [-0.2, 0) is 33.6 Å². The second kappa shape index (κ2) is 21.0. The first kappa shape index (κ1) is 36.1. The molecule has 0 atom stereocenters. The van der Waals surface area contributed by atoms with Crippen LogP contribution >= 0.6 is 0 Å². The van der Waals surface area contributed by atoms with Crippen LogP contribution in [0.1, 0.15) is 19.3 Å². The first-order valence-corrected chi connectivity index (χ1v) is 12.5. The number of rotatable bonds is 24. The molecule has 0 saturated carbocycles. The third-order valence-electron chi connectivity index (χ3n) is 5.45. The SMILES string of the molecule is CN(CCCCCNC(=O)CN(CCN(CCN(CC(=O)O)CC(=O)O)CC(=O)O)CC(=O)O)C(=O)/C=C\C=O. The minimum absolute atomic E-state index is 0.00806. The van der Waals surface area contributed by atoms with E-state index in [0.717, 1.165) is 11.0 Å². The Bertz CT molecular complexity index is 880. The highest BCUT2D eigenvalue weighted by Crippen LogP contribution is 1.99. The molecule has 0 aromatic carbocycles. The number of carboxylic acid groups (broad SMARTS) is 4. The van der Waals surface area contributed by atoms with E-state index in [9.17, 15) is 43.8 Å². The molecule has 0 fully saturated rings. The summed E-state index contributed by atoms with van der Waals surface area (Å²) in [6.07, 6.45) is 4.80. The van der Waals surface area contributed by atoms with E-state index in [1.165, 1.54) is 20.8 Å². The lowest BCUT2D eigenvalue weighted by molar-refractivity contribution is -0.143. The van der Waals surface area contributed by atoms with Crippen LogP contribution in [0.15, 0.2) is 12.2 Å². The Balaban J connectivity index is 4.73. The number of amides is 2. The summed E-state index contributed by atoms with van der Waals surface area (Å²) in [7, 11) is 1.61. The third-order valence-corrected chi connectivity index (χ3v) is 5.45. The molecule has 16 nitrogen and oxygen atoms in total. The zero-order valence-corrected chi connectivity index (χ0v) is 22.6. The molecule has 2 amide bonds. The average molecular weight is 574 g/mol. The normalized spacial score (nSPS) is 11.2. The Morgan fingerprint density at radius 2 is 1.07 bits per heavy atom. The number of carboxylic acids is 4. The molecule has 0 aromatic heterocycles. The summed E-state index contributed by atoms with van der Waals surface area (Å²) in [6, 6.07) is 0. The first-order valence-electron chi connectivity index (χ1n) is 12.5. The van der Waals surface area contributed by atoms with Gasteiger partial charge in [-0.2, -0.15) is 0 Å². The van der Waals surface area contributed by atoms with Crippen molar-refractivity contribution in [1.82, 2.24) is 24.9 Å². The minimum atomic E-state index is -1.24. The van der Waals surface area contributed by atoms with Crippen LogP contribution < -0.4 is 5.32 Å². The van der Waals surface area contributed by atoms with Crippen molar-refractivity contribution in [2.75, 3.05) is 79.0 Å². The van der Waals surface area contributed by atoms with E-state index in [4.69, 9.17) is 10.2 Å². The first-order chi connectivity index (χ1) is 18.8. The summed E-state index contributed by atoms with van der Waals surface area (Å²) >= 11 is 0. The Morgan fingerprint density at radius 1 is 0.625 bits per heavy atom. The second-order valence-electron chi connectivity index (χ2n) is 8.94. The Labute approximate surface area is 231 Å². The van der Waals surface area contributed by atoms with Crippen LogP contribution in [0.3, 0.4) is 0 Å². The Kier molecular flexibility index (Phi) is 19.0. The van der Waals surface area contributed by atoms with Crippen molar-refractivity contribution in [2.45, 2.75) is 19.3 Å². The molecular formula is C24H39N5O11. The highest BCUT2D eigenvalue weighted by atomic mass is 16.4. The van der Waals surface area contributed by atoms with Crippen molar-refractivity contribution in [3.8, 4) is 0 Å². The molecular weight excluding hydrogens is 534 g/mol. The molecule has 0 aromatic rings. The number of nitrogens with zero attached hydrogens (tertiary/aromatic N) is 4. The molecule has 0 aliphatic carbocycles. The topological polar surface area (TPSA) is 225 Å². The molecule has 226 valence electrons. The van der Waals surface area contributed by atoms with E-state index in [2.05, 4.69) is 5.32 Å². The van der Waals surface area contributed by atoms with E-state index in [-0.39, 0.29) is 38.6 Å². The van der Waals surface area contributed by atoms with Gasteiger partial charge in [0, 0.05) is 52.4 Å². The molecule has 0 saturated heterocycles. The van der Waals surface area contributed by atoms with Crippen molar-refractivity contribution in [2.24, 2.45) is 0 Å². The van der Waals surface area contributed by atoms with Gasteiger partial charge in [0.25, 0.3) is 0 Å². The largest absolute Gasteiger partial charge is 0.480 e. The molecule has 0 bridgehead atoms. The monoisotopic (exact) mass is 573 g/mol. The number of likely N-dealkylation sites (N-methyl/N-ethyl adjacent to an activating group) is 1. The van der Waals surface area contributed by atoms with Gasteiger partial charge in [0.2, 0.25) is 11.8 Å². The molecule has 40 heavy (non-hydrogen) atoms. The molecule has 0 radical (unpaired) electrons. The number of aliphatic carboxylic acids is 4. The van der Waals surface area contributed by atoms with Gasteiger partial charge >= 0.3 is 23.9 Å². The Hall–Kier alpha value is -3.89. The van der Waals surface area contributed by atoms with Crippen LogP contribution in [0.2, 0.25) is 0 Å². The number of nitrogens with one attached hydrogen (secondary N) is 1. The molecule has 16 heteroatoms. The van der Waals surface area contributed by atoms with Gasteiger partial charge in [0.15, 0.2) is 0 Å². The van der Waals surface area contributed by atoms with Crippen LogP contribution in [0.5, 0.6) is 0 Å². The lowest BCUT2D eigenvalue weighted by Crippen LogP contribution is -2.46. The highest BCUT2D eigenvalue weighted by Gasteiger charge is 2.19. The summed E-state index contributed by atoms with van der Waals surface area (Å²) in [5, 5.41) is 39.0. The molecule has 0 heterocycles. The number of allylic oxidation sites excluding steroid dienone is 1. The number of carbonyl (C=O) groups excluding carboxylic acids is 3. The van der Waals surface area contributed by atoms with Gasteiger partial charge in [-0.3, -0.25) is 48.3 Å². The summed E-state index contributed by atoms with van der Waals surface area (Å²) < 4.78 is 0. The van der Waals surface area contributed by atoms with Crippen LogP contribution in [0.25, 0.3) is 0 Å². The summed E-state index contributed by atoms with van der Waals surface area (Å²) in [5.74, 6) is -5.57. The summed E-state index contributed by atoms with van der Waals surface area (Å²) in [4.78, 5) is 84.1. The number of hydrogen-bond acceptors (Lipinski definition) is 10. The van der Waals surface area contributed by atoms with Gasteiger partial charge in [-0.1, -0.05) is 0 Å². The fourth-order valence-electron chi connectivity index (χ4n) is 3.53. The molecule has 0 rings (SSSR count). The number of unbranched alkanes of at least 4 members (excludes halogenated alkanes) is 2. The van der Waals surface area contributed by atoms with Crippen molar-refractivity contribution >= 4 is 42.0 Å². The van der Waals surface area contributed by atoms with E-state index >= 15 is 0 Å². The smallest absolute Gasteiger partial charge is 0.317 e. The van der Waals surface area contributed by atoms with Crippen molar-refractivity contribution in [1.29, 1.82) is 0 Å². The maximum Gasteiger partial charge on any atom is 0.317 e. The number of aldehydes is 1. The zero-order valence-electron chi connectivity index (χ0n) is 22.6. The van der Waals surface area contributed by atoms with E-state index < -0.39 is 56.0 Å². The van der Waals surface area contributed by atoms with Gasteiger partial charge < -0.3 is 30.6 Å². The molecule has 5 N–H and O–H groups in total. The predicted molar refractivity (Wildman–Crippen MR) is 140 cm³/mol. The average Bonchev–Trinajstić information content (AvgIpc) is 2.84. The molecule has 0 spiro atoms. The highest BCUT2D eigenvalue weighted by molar-refractivity contribution is 5.90. The number of carbonyl (C=O) groups is 7. The summed E-state index contributed by atoms with van der Waals surface area (Å²) in [6.45, 7) is -1.46. The van der Waals surface area contributed by atoms with Crippen molar-refractivity contribution in [3.05, 3.63) is 12.2 Å². The Morgan fingerprint density at radius 3 is 1.55 bits per heavy atom. The fraction of sp³-hybridized carbons (Fsp3) is 0.625. The van der Waals surface area contributed by atoms with Gasteiger partial charge in [-0.05, 0) is 25.3 Å². The van der Waals surface area contributed by atoms with Crippen LogP contribution in [0, 0.1) is 0 Å². The lowest BCUT2D eigenvalue weighted by Gasteiger charge is -2.27. The lowest BCUT2D eigenvalue weighted by atomic mass is 10.2. The second-order valence-corrected chi connectivity index (χ2v) is 8.94. The van der Waals surface area contributed by atoms with E-state index in [1.807, 2.05) is 0 Å². The maximum absolute atomic E-state index is 12.3. The van der Waals surface area contributed by atoms with Crippen molar-refractivity contribution in [3.63, 3.8) is 0 Å². The predicted octanol–water partition coefficient (Wildman–Crippen LogP) is -2.27. The number of hydrogen-bond donors (Lipinski definition) is 5. The zero-order chi connectivity index (χ0) is 30.5. The van der Waals surface area contributed by atoms with Crippen LogP contribution in [0.4, 0.5) is 0 Å². The van der Waals surface area contributed by atoms with E-state index in [0.29, 0.717) is 38.6 Å². The molecule has 0 aliphatic rings. The van der Waals surface area contributed by atoms with Gasteiger partial charge in [0.1, 0.15) is 6.29 Å². The third kappa shape index (κ3) is 20.1. The summed E-state index contributed by atoms with van der Waals surface area (Å²) in [5.41, 5.74) is 0. The van der Waals surface area contributed by atoms with Crippen LogP contribution in [-0.4, -0.2) is 161 Å². The fourth-order valence-corrected chi connectivity index (χ4v) is 3.53.